The zero-order valence-corrected chi connectivity index (χ0v) is 18.3. The molecule has 166 valence electrons. The van der Waals surface area contributed by atoms with Crippen LogP contribution in [0.5, 0.6) is 5.75 Å². The highest BCUT2D eigenvalue weighted by atomic mass is 19.1. The third-order valence-corrected chi connectivity index (χ3v) is 5.27. The summed E-state index contributed by atoms with van der Waals surface area (Å²) in [6.45, 7) is 1.99. The number of methoxy groups -OCH3 is 1. The van der Waals surface area contributed by atoms with E-state index in [9.17, 15) is 14.0 Å². The quantitative estimate of drug-likeness (QED) is 0.537. The zero-order chi connectivity index (χ0) is 23.1. The Morgan fingerprint density at radius 2 is 1.53 bits per heavy atom. The topological polar surface area (TPSA) is 70.7 Å². The molecule has 0 spiro atoms. The maximum atomic E-state index is 13.1. The van der Waals surface area contributed by atoms with Gasteiger partial charge < -0.3 is 20.3 Å². The summed E-state index contributed by atoms with van der Waals surface area (Å²) >= 11 is 0. The number of amides is 2. The molecule has 0 saturated carbocycles. The van der Waals surface area contributed by atoms with Crippen LogP contribution in [0, 0.1) is 5.82 Å². The molecule has 32 heavy (non-hydrogen) atoms. The van der Waals surface area contributed by atoms with Gasteiger partial charge in [0.1, 0.15) is 11.6 Å². The molecular formula is C25H26FN3O3. The van der Waals surface area contributed by atoms with Crippen molar-refractivity contribution >= 4 is 23.2 Å². The summed E-state index contributed by atoms with van der Waals surface area (Å²) in [6.07, 6.45) is 0. The Morgan fingerprint density at radius 3 is 2.12 bits per heavy atom. The van der Waals surface area contributed by atoms with Gasteiger partial charge in [0, 0.05) is 24.0 Å². The molecule has 0 saturated heterocycles. The van der Waals surface area contributed by atoms with E-state index >= 15 is 0 Å². The minimum Gasteiger partial charge on any atom is -0.497 e. The summed E-state index contributed by atoms with van der Waals surface area (Å²) in [7, 11) is 3.30. The van der Waals surface area contributed by atoms with E-state index in [0.717, 1.165) is 11.3 Å². The lowest BCUT2D eigenvalue weighted by Gasteiger charge is -2.25. The highest BCUT2D eigenvalue weighted by Crippen LogP contribution is 2.20. The standard InChI is InChI=1S/C25H26FN3O3/c1-17(18-4-8-20(26)9-5-18)29(2)24(30)16-27-21-10-6-19(7-11-21)25(31)28-22-12-14-23(32-3)15-13-22/h4-15,17,27H,16H2,1-3H3,(H,28,31). The van der Waals surface area contributed by atoms with E-state index in [4.69, 9.17) is 4.74 Å². The smallest absolute Gasteiger partial charge is 0.255 e. The number of carbonyl (C=O) groups excluding carboxylic acids is 2. The van der Waals surface area contributed by atoms with Gasteiger partial charge in [-0.3, -0.25) is 9.59 Å². The first kappa shape index (κ1) is 22.8. The van der Waals surface area contributed by atoms with Crippen LogP contribution in [-0.4, -0.2) is 37.4 Å². The maximum Gasteiger partial charge on any atom is 0.255 e. The van der Waals surface area contributed by atoms with Crippen LogP contribution in [0.2, 0.25) is 0 Å². The van der Waals surface area contributed by atoms with Crippen molar-refractivity contribution in [2.45, 2.75) is 13.0 Å². The molecule has 0 aliphatic carbocycles. The number of likely N-dealkylation sites (N-methyl/N-ethyl adjacent to an activating group) is 1. The van der Waals surface area contributed by atoms with Gasteiger partial charge in [0.15, 0.2) is 0 Å². The van der Waals surface area contributed by atoms with Crippen molar-refractivity contribution in [2.75, 3.05) is 31.3 Å². The molecule has 0 aliphatic heterocycles. The summed E-state index contributed by atoms with van der Waals surface area (Å²) in [5.41, 5.74) is 2.75. The second-order valence-corrected chi connectivity index (χ2v) is 7.35. The van der Waals surface area contributed by atoms with Gasteiger partial charge in [-0.25, -0.2) is 4.39 Å². The van der Waals surface area contributed by atoms with E-state index in [-0.39, 0.29) is 30.2 Å². The Morgan fingerprint density at radius 1 is 0.938 bits per heavy atom. The Kier molecular flexibility index (Phi) is 7.44. The van der Waals surface area contributed by atoms with Gasteiger partial charge >= 0.3 is 0 Å². The molecule has 0 bridgehead atoms. The number of carbonyl (C=O) groups is 2. The number of hydrogen-bond donors (Lipinski definition) is 2. The van der Waals surface area contributed by atoms with E-state index < -0.39 is 0 Å². The fourth-order valence-corrected chi connectivity index (χ4v) is 3.10. The van der Waals surface area contributed by atoms with Crippen molar-refractivity contribution in [3.05, 3.63) is 89.7 Å². The summed E-state index contributed by atoms with van der Waals surface area (Å²) in [5, 5.41) is 5.90. The third kappa shape index (κ3) is 5.85. The molecule has 6 nitrogen and oxygen atoms in total. The second-order valence-electron chi connectivity index (χ2n) is 7.35. The molecule has 0 fully saturated rings. The second kappa shape index (κ2) is 10.4. The van der Waals surface area contributed by atoms with Gasteiger partial charge in [0.05, 0.1) is 19.7 Å². The summed E-state index contributed by atoms with van der Waals surface area (Å²) in [4.78, 5) is 26.6. The monoisotopic (exact) mass is 435 g/mol. The van der Waals surface area contributed by atoms with E-state index in [1.807, 2.05) is 6.92 Å². The van der Waals surface area contributed by atoms with Crippen molar-refractivity contribution in [3.8, 4) is 5.75 Å². The van der Waals surface area contributed by atoms with Gasteiger partial charge in [-0.05, 0) is 73.2 Å². The van der Waals surface area contributed by atoms with Gasteiger partial charge in [-0.15, -0.1) is 0 Å². The molecule has 0 heterocycles. The molecule has 7 heteroatoms. The fourth-order valence-electron chi connectivity index (χ4n) is 3.10. The Labute approximate surface area is 187 Å². The van der Waals surface area contributed by atoms with E-state index in [1.165, 1.54) is 12.1 Å². The molecule has 0 aromatic heterocycles. The largest absolute Gasteiger partial charge is 0.497 e. The number of benzene rings is 3. The predicted octanol–water partition coefficient (Wildman–Crippen LogP) is 4.72. The lowest BCUT2D eigenvalue weighted by atomic mass is 10.1. The number of nitrogens with one attached hydrogen (secondary N) is 2. The molecule has 1 atom stereocenters. The summed E-state index contributed by atoms with van der Waals surface area (Å²) in [5.74, 6) is 0.0669. The van der Waals surface area contributed by atoms with Crippen molar-refractivity contribution < 1.29 is 18.7 Å². The molecule has 3 aromatic rings. The summed E-state index contributed by atoms with van der Waals surface area (Å²) < 4.78 is 18.2. The van der Waals surface area contributed by atoms with Gasteiger partial charge in [0.25, 0.3) is 5.91 Å². The van der Waals surface area contributed by atoms with Crippen LogP contribution in [-0.2, 0) is 4.79 Å². The van der Waals surface area contributed by atoms with Crippen molar-refractivity contribution in [1.82, 2.24) is 4.90 Å². The zero-order valence-electron chi connectivity index (χ0n) is 18.3. The lowest BCUT2D eigenvalue weighted by Crippen LogP contribution is -2.34. The average Bonchev–Trinajstić information content (AvgIpc) is 2.82. The van der Waals surface area contributed by atoms with Crippen LogP contribution >= 0.6 is 0 Å². The van der Waals surface area contributed by atoms with E-state index in [1.54, 1.807) is 79.7 Å². The highest BCUT2D eigenvalue weighted by molar-refractivity contribution is 6.04. The van der Waals surface area contributed by atoms with Gasteiger partial charge in [-0.1, -0.05) is 12.1 Å². The first-order chi connectivity index (χ1) is 15.4. The number of anilines is 2. The first-order valence-corrected chi connectivity index (χ1v) is 10.2. The lowest BCUT2D eigenvalue weighted by molar-refractivity contribution is -0.129. The number of hydrogen-bond acceptors (Lipinski definition) is 4. The molecule has 3 rings (SSSR count). The number of rotatable bonds is 8. The van der Waals surface area contributed by atoms with Crippen molar-refractivity contribution in [2.24, 2.45) is 0 Å². The fraction of sp³-hybridized carbons (Fsp3) is 0.200. The van der Waals surface area contributed by atoms with Crippen LogP contribution in [0.3, 0.4) is 0 Å². The molecule has 1 unspecified atom stereocenters. The minimum absolute atomic E-state index is 0.0967. The van der Waals surface area contributed by atoms with Gasteiger partial charge in [0.2, 0.25) is 5.91 Å². The third-order valence-electron chi connectivity index (χ3n) is 5.27. The first-order valence-electron chi connectivity index (χ1n) is 10.2. The van der Waals surface area contributed by atoms with Crippen LogP contribution < -0.4 is 15.4 Å². The Hall–Kier alpha value is -3.87. The normalized spacial score (nSPS) is 11.4. The number of halogens is 1. The van der Waals surface area contributed by atoms with Crippen molar-refractivity contribution in [1.29, 1.82) is 0 Å². The molecule has 3 aromatic carbocycles. The summed E-state index contributed by atoms with van der Waals surface area (Å²) in [6, 6.07) is 19.9. The Bertz CT molecular complexity index is 1050. The van der Waals surface area contributed by atoms with Gasteiger partial charge in [-0.2, -0.15) is 0 Å². The maximum absolute atomic E-state index is 13.1. The van der Waals surface area contributed by atoms with E-state index in [0.29, 0.717) is 17.0 Å². The van der Waals surface area contributed by atoms with Crippen LogP contribution in [0.1, 0.15) is 28.9 Å². The molecule has 2 N–H and O–H groups in total. The van der Waals surface area contributed by atoms with Crippen LogP contribution in [0.25, 0.3) is 0 Å². The van der Waals surface area contributed by atoms with E-state index in [2.05, 4.69) is 10.6 Å². The number of ether oxygens (including phenoxy) is 1. The van der Waals surface area contributed by atoms with Crippen LogP contribution in [0.4, 0.5) is 15.8 Å². The molecule has 0 aliphatic rings. The molecule has 2 amide bonds. The Balaban J connectivity index is 1.52. The highest BCUT2D eigenvalue weighted by Gasteiger charge is 2.17. The molecular weight excluding hydrogens is 409 g/mol. The minimum atomic E-state index is -0.308. The average molecular weight is 435 g/mol. The molecule has 0 radical (unpaired) electrons. The number of nitrogens with zero attached hydrogens (tertiary/aromatic N) is 1. The van der Waals surface area contributed by atoms with Crippen LogP contribution in [0.15, 0.2) is 72.8 Å². The predicted molar refractivity (Wildman–Crippen MR) is 123 cm³/mol. The SMILES string of the molecule is COc1ccc(NC(=O)c2ccc(NCC(=O)N(C)C(C)c3ccc(F)cc3)cc2)cc1. The van der Waals surface area contributed by atoms with Crippen molar-refractivity contribution in [3.63, 3.8) is 0 Å².